The second kappa shape index (κ2) is 8.04. The lowest BCUT2D eigenvalue weighted by Crippen LogP contribution is -2.25. The minimum absolute atomic E-state index is 0.0904. The van der Waals surface area contributed by atoms with Crippen LogP contribution in [0.2, 0.25) is 0 Å². The zero-order chi connectivity index (χ0) is 21.6. The summed E-state index contributed by atoms with van der Waals surface area (Å²) in [5.74, 6) is 0.574. The van der Waals surface area contributed by atoms with E-state index in [2.05, 4.69) is 16.5 Å². The lowest BCUT2D eigenvalue weighted by molar-refractivity contribution is 0.0955. The van der Waals surface area contributed by atoms with Crippen LogP contribution in [0.4, 0.5) is 0 Å². The summed E-state index contributed by atoms with van der Waals surface area (Å²) in [5.41, 5.74) is 4.37. The molecule has 0 radical (unpaired) electrons. The van der Waals surface area contributed by atoms with Gasteiger partial charge in [-0.3, -0.25) is 4.79 Å². The molecule has 1 atom stereocenters. The maximum atomic E-state index is 13.2. The fraction of sp³-hybridized carbons (Fsp3) is 0.609. The zero-order valence-corrected chi connectivity index (χ0v) is 18.9. The lowest BCUT2D eigenvalue weighted by atomic mass is 9.97. The van der Waals surface area contributed by atoms with Crippen LogP contribution in [0.25, 0.3) is 11.0 Å². The summed E-state index contributed by atoms with van der Waals surface area (Å²) in [5, 5.41) is 8.51. The first-order chi connectivity index (χ1) is 14.9. The van der Waals surface area contributed by atoms with E-state index in [9.17, 15) is 13.2 Å². The quantitative estimate of drug-likeness (QED) is 0.690. The Kier molecular flexibility index (Phi) is 5.36. The van der Waals surface area contributed by atoms with E-state index in [1.54, 1.807) is 4.68 Å². The minimum atomic E-state index is -3.04. The highest BCUT2D eigenvalue weighted by molar-refractivity contribution is 7.91. The molecule has 0 bridgehead atoms. The van der Waals surface area contributed by atoms with E-state index in [0.717, 1.165) is 48.9 Å². The van der Waals surface area contributed by atoms with Crippen molar-refractivity contribution in [2.24, 2.45) is 0 Å². The molecule has 3 heterocycles. The third-order valence-corrected chi connectivity index (χ3v) is 8.52. The number of aromatic nitrogens is 3. The Morgan fingerprint density at radius 1 is 1.26 bits per heavy atom. The fourth-order valence-corrected chi connectivity index (χ4v) is 6.58. The number of nitrogens with one attached hydrogen (secondary N) is 1. The van der Waals surface area contributed by atoms with E-state index in [1.807, 2.05) is 13.0 Å². The largest absolute Gasteiger partial charge is 0.352 e. The highest BCUT2D eigenvalue weighted by atomic mass is 32.2. The fourth-order valence-electron chi connectivity index (χ4n) is 4.89. The summed E-state index contributed by atoms with van der Waals surface area (Å²) in [4.78, 5) is 18.1. The number of sulfone groups is 1. The van der Waals surface area contributed by atoms with Gasteiger partial charge in [-0.25, -0.2) is 18.1 Å². The van der Waals surface area contributed by atoms with Crippen molar-refractivity contribution in [1.29, 1.82) is 0 Å². The van der Waals surface area contributed by atoms with Gasteiger partial charge in [0.15, 0.2) is 15.5 Å². The topological polar surface area (TPSA) is 93.9 Å². The Labute approximate surface area is 183 Å². The predicted molar refractivity (Wildman–Crippen MR) is 120 cm³/mol. The number of rotatable bonds is 6. The summed E-state index contributed by atoms with van der Waals surface area (Å²) < 4.78 is 25.8. The first kappa shape index (κ1) is 20.7. The van der Waals surface area contributed by atoms with Gasteiger partial charge < -0.3 is 5.32 Å². The summed E-state index contributed by atoms with van der Waals surface area (Å²) in [7, 11) is -3.04. The second-order valence-corrected chi connectivity index (χ2v) is 11.5. The molecule has 3 aliphatic rings. The molecule has 1 aliphatic heterocycles. The van der Waals surface area contributed by atoms with E-state index in [4.69, 9.17) is 4.98 Å². The van der Waals surface area contributed by atoms with Gasteiger partial charge in [-0.1, -0.05) is 11.6 Å². The number of carbonyl (C=O) groups is 1. The van der Waals surface area contributed by atoms with Crippen LogP contribution in [0.5, 0.6) is 0 Å². The first-order valence-electron chi connectivity index (χ1n) is 11.5. The Balaban J connectivity index is 1.45. The zero-order valence-electron chi connectivity index (χ0n) is 18.1. The first-order valence-corrected chi connectivity index (χ1v) is 13.3. The number of allylic oxidation sites excluding steroid dienone is 1. The third kappa shape index (κ3) is 4.27. The normalized spacial score (nSPS) is 23.1. The summed E-state index contributed by atoms with van der Waals surface area (Å²) in [6.45, 7) is 2.51. The highest BCUT2D eigenvalue weighted by Gasteiger charge is 2.34. The van der Waals surface area contributed by atoms with Gasteiger partial charge in [0, 0.05) is 18.2 Å². The number of aryl methyl sites for hydroxylation is 1. The second-order valence-electron chi connectivity index (χ2n) is 9.27. The maximum absolute atomic E-state index is 13.2. The molecule has 0 unspecified atom stereocenters. The number of pyridine rings is 1. The van der Waals surface area contributed by atoms with Crippen molar-refractivity contribution in [3.8, 4) is 0 Å². The Hall–Kier alpha value is -2.22. The van der Waals surface area contributed by atoms with E-state index in [-0.39, 0.29) is 23.5 Å². The Morgan fingerprint density at radius 2 is 2.10 bits per heavy atom. The molecular formula is C23H30N4O3S. The number of carbonyl (C=O) groups excluding carboxylic acids is 1. The van der Waals surface area contributed by atoms with Crippen LogP contribution in [0.15, 0.2) is 17.7 Å². The molecule has 2 aromatic heterocycles. The number of amides is 1. The van der Waals surface area contributed by atoms with Crippen molar-refractivity contribution in [3.05, 3.63) is 34.7 Å². The molecule has 1 saturated heterocycles. The average Bonchev–Trinajstić information content (AvgIpc) is 3.47. The van der Waals surface area contributed by atoms with Crippen molar-refractivity contribution in [3.63, 3.8) is 0 Å². The van der Waals surface area contributed by atoms with Gasteiger partial charge in [0.05, 0.1) is 34.2 Å². The summed E-state index contributed by atoms with van der Waals surface area (Å²) >= 11 is 0. The lowest BCUT2D eigenvalue weighted by Gasteiger charge is -2.14. The van der Waals surface area contributed by atoms with Crippen molar-refractivity contribution >= 4 is 26.8 Å². The molecule has 31 heavy (non-hydrogen) atoms. The molecule has 0 aromatic carbocycles. The van der Waals surface area contributed by atoms with Crippen LogP contribution in [-0.2, 0) is 9.84 Å². The molecule has 7 nitrogen and oxygen atoms in total. The number of nitrogens with zero attached hydrogens (tertiary/aromatic N) is 3. The van der Waals surface area contributed by atoms with Gasteiger partial charge in [0.2, 0.25) is 0 Å². The van der Waals surface area contributed by atoms with Gasteiger partial charge in [-0.2, -0.15) is 5.10 Å². The molecule has 8 heteroatoms. The Morgan fingerprint density at radius 3 is 2.77 bits per heavy atom. The van der Waals surface area contributed by atoms with Gasteiger partial charge in [0.1, 0.15) is 0 Å². The van der Waals surface area contributed by atoms with Gasteiger partial charge in [-0.15, -0.1) is 0 Å². The molecular weight excluding hydrogens is 412 g/mol. The third-order valence-electron chi connectivity index (χ3n) is 6.77. The monoisotopic (exact) mass is 442 g/mol. The minimum Gasteiger partial charge on any atom is -0.352 e. The molecule has 166 valence electrons. The van der Waals surface area contributed by atoms with Crippen molar-refractivity contribution in [1.82, 2.24) is 20.1 Å². The molecule has 1 amide bonds. The molecule has 1 saturated carbocycles. The van der Waals surface area contributed by atoms with Crippen LogP contribution in [0, 0.1) is 6.92 Å². The molecule has 2 fully saturated rings. The van der Waals surface area contributed by atoms with Gasteiger partial charge >= 0.3 is 0 Å². The molecule has 2 aromatic rings. The standard InChI is InChI=1S/C23H30N4O3S/c1-15-21-19(23(28)24-11-9-16-5-3-2-4-6-16)13-20(17-7-8-17)25-22(21)27(26-15)18-10-12-31(29,30)14-18/h5,13,17-18H,2-4,6-12,14H2,1H3,(H,24,28)/t18-/m0/s1. The van der Waals surface area contributed by atoms with Crippen molar-refractivity contribution in [2.45, 2.75) is 70.3 Å². The molecule has 1 N–H and O–H groups in total. The molecule has 2 aliphatic carbocycles. The summed E-state index contributed by atoms with van der Waals surface area (Å²) in [6, 6.07) is 1.72. The van der Waals surface area contributed by atoms with E-state index >= 15 is 0 Å². The van der Waals surface area contributed by atoms with Crippen molar-refractivity contribution < 1.29 is 13.2 Å². The number of hydrogen-bond donors (Lipinski definition) is 1. The van der Waals surface area contributed by atoms with Crippen LogP contribution in [0.1, 0.15) is 85.1 Å². The van der Waals surface area contributed by atoms with Crippen LogP contribution >= 0.6 is 0 Å². The SMILES string of the molecule is Cc1nn([C@H]2CCS(=O)(=O)C2)c2nc(C3CC3)cc(C(=O)NCCC3=CCCCC3)c12. The van der Waals surface area contributed by atoms with Crippen LogP contribution in [0.3, 0.4) is 0 Å². The van der Waals surface area contributed by atoms with E-state index in [1.165, 1.54) is 18.4 Å². The smallest absolute Gasteiger partial charge is 0.252 e. The van der Waals surface area contributed by atoms with E-state index < -0.39 is 9.84 Å². The maximum Gasteiger partial charge on any atom is 0.252 e. The van der Waals surface area contributed by atoms with Crippen LogP contribution in [-0.4, -0.2) is 47.1 Å². The van der Waals surface area contributed by atoms with Gasteiger partial charge in [-0.05, 0) is 64.4 Å². The van der Waals surface area contributed by atoms with E-state index in [0.29, 0.717) is 30.1 Å². The van der Waals surface area contributed by atoms with Gasteiger partial charge in [0.25, 0.3) is 5.91 Å². The number of hydrogen-bond acceptors (Lipinski definition) is 5. The molecule has 5 rings (SSSR count). The average molecular weight is 443 g/mol. The van der Waals surface area contributed by atoms with Crippen molar-refractivity contribution in [2.75, 3.05) is 18.1 Å². The van der Waals surface area contributed by atoms with Crippen LogP contribution < -0.4 is 5.32 Å². The summed E-state index contributed by atoms with van der Waals surface area (Å²) in [6.07, 6.45) is 10.7. The highest BCUT2D eigenvalue weighted by Crippen LogP contribution is 2.41. The molecule has 0 spiro atoms. The predicted octanol–water partition coefficient (Wildman–Crippen LogP) is 3.60. The number of fused-ring (bicyclic) bond motifs is 1. The Bertz CT molecular complexity index is 1160.